The standard InChI is InChI=1S/C15H17ClN2OS/c16-14-6-5-13(20-14)8-9-18-15(19)7-4-11-2-1-3-12(17)10-11/h1-3,5-6,10H,4,7-9,17H2,(H,18,19). The third-order valence-electron chi connectivity index (χ3n) is 2.91. The van der Waals surface area contributed by atoms with Gasteiger partial charge < -0.3 is 11.1 Å². The number of thiophene rings is 1. The topological polar surface area (TPSA) is 55.1 Å². The molecule has 3 N–H and O–H groups in total. The van der Waals surface area contributed by atoms with E-state index in [0.717, 1.165) is 22.0 Å². The van der Waals surface area contributed by atoms with Gasteiger partial charge in [-0.1, -0.05) is 23.7 Å². The lowest BCUT2D eigenvalue weighted by Gasteiger charge is -2.05. The van der Waals surface area contributed by atoms with Crippen LogP contribution < -0.4 is 11.1 Å². The summed E-state index contributed by atoms with van der Waals surface area (Å²) >= 11 is 7.40. The SMILES string of the molecule is Nc1cccc(CCC(=O)NCCc2ccc(Cl)s2)c1. The summed E-state index contributed by atoms with van der Waals surface area (Å²) in [6.07, 6.45) is 2.01. The molecule has 0 aliphatic carbocycles. The van der Waals surface area contributed by atoms with Crippen LogP contribution in [-0.4, -0.2) is 12.5 Å². The largest absolute Gasteiger partial charge is 0.399 e. The zero-order valence-corrected chi connectivity index (χ0v) is 12.6. The summed E-state index contributed by atoms with van der Waals surface area (Å²) in [4.78, 5) is 12.9. The first-order valence-corrected chi connectivity index (χ1v) is 7.68. The first kappa shape index (κ1) is 14.9. The molecule has 1 heterocycles. The number of nitrogens with two attached hydrogens (primary N) is 1. The maximum atomic E-state index is 11.7. The van der Waals surface area contributed by atoms with Gasteiger partial charge in [-0.25, -0.2) is 0 Å². The van der Waals surface area contributed by atoms with Crippen molar-refractivity contribution >= 4 is 34.5 Å². The molecule has 0 spiro atoms. The molecule has 3 nitrogen and oxygen atoms in total. The molecule has 0 fully saturated rings. The third kappa shape index (κ3) is 4.87. The second-order valence-corrected chi connectivity index (χ2v) is 6.35. The average molecular weight is 309 g/mol. The van der Waals surface area contributed by atoms with Crippen LogP contribution in [0.3, 0.4) is 0 Å². The van der Waals surface area contributed by atoms with Crippen LogP contribution in [0, 0.1) is 0 Å². The van der Waals surface area contributed by atoms with E-state index in [1.807, 2.05) is 36.4 Å². The van der Waals surface area contributed by atoms with Crippen LogP contribution in [0.2, 0.25) is 4.34 Å². The highest BCUT2D eigenvalue weighted by Gasteiger charge is 2.03. The number of anilines is 1. The predicted octanol–water partition coefficient (Wildman–Crippen LogP) is 3.28. The van der Waals surface area contributed by atoms with Gasteiger partial charge in [-0.3, -0.25) is 4.79 Å². The lowest BCUT2D eigenvalue weighted by atomic mass is 10.1. The van der Waals surface area contributed by atoms with Gasteiger partial charge in [-0.2, -0.15) is 0 Å². The molecule has 1 amide bonds. The van der Waals surface area contributed by atoms with Crippen LogP contribution in [-0.2, 0) is 17.6 Å². The number of carbonyl (C=O) groups excluding carboxylic acids is 1. The lowest BCUT2D eigenvalue weighted by Crippen LogP contribution is -2.25. The second-order valence-electron chi connectivity index (χ2n) is 4.55. The number of amides is 1. The Morgan fingerprint density at radius 1 is 1.25 bits per heavy atom. The number of hydrogen-bond donors (Lipinski definition) is 2. The summed E-state index contributed by atoms with van der Waals surface area (Å²) in [5.74, 6) is 0.0649. The van der Waals surface area contributed by atoms with Gasteiger partial charge >= 0.3 is 0 Å². The number of nitrogen functional groups attached to an aromatic ring is 1. The predicted molar refractivity (Wildman–Crippen MR) is 85.2 cm³/mol. The Bertz CT molecular complexity index is 583. The Morgan fingerprint density at radius 3 is 2.80 bits per heavy atom. The zero-order chi connectivity index (χ0) is 14.4. The molecule has 0 radical (unpaired) electrons. The molecule has 0 saturated heterocycles. The molecule has 0 bridgehead atoms. The smallest absolute Gasteiger partial charge is 0.220 e. The van der Waals surface area contributed by atoms with E-state index in [1.54, 1.807) is 11.3 Å². The highest BCUT2D eigenvalue weighted by Crippen LogP contribution is 2.21. The van der Waals surface area contributed by atoms with Crippen molar-refractivity contribution in [1.82, 2.24) is 5.32 Å². The summed E-state index contributed by atoms with van der Waals surface area (Å²) in [5, 5.41) is 2.92. The minimum absolute atomic E-state index is 0.0649. The van der Waals surface area contributed by atoms with Gasteiger partial charge in [0.05, 0.1) is 4.34 Å². The first-order chi connectivity index (χ1) is 9.63. The van der Waals surface area contributed by atoms with Crippen molar-refractivity contribution in [3.63, 3.8) is 0 Å². The number of aryl methyl sites for hydroxylation is 1. The molecule has 2 rings (SSSR count). The molecule has 0 aliphatic rings. The third-order valence-corrected chi connectivity index (χ3v) is 4.21. The highest BCUT2D eigenvalue weighted by atomic mass is 35.5. The average Bonchev–Trinajstić information content (AvgIpc) is 2.82. The molecule has 0 aliphatic heterocycles. The van der Waals surface area contributed by atoms with Crippen molar-refractivity contribution in [1.29, 1.82) is 0 Å². The van der Waals surface area contributed by atoms with Crippen LogP contribution in [0.25, 0.3) is 0 Å². The Labute approximate surface area is 127 Å². The second kappa shape index (κ2) is 7.31. The Balaban J connectivity index is 1.68. The van der Waals surface area contributed by atoms with E-state index < -0.39 is 0 Å². The molecule has 1 aromatic heterocycles. The summed E-state index contributed by atoms with van der Waals surface area (Å²) < 4.78 is 0.785. The quantitative estimate of drug-likeness (QED) is 0.805. The summed E-state index contributed by atoms with van der Waals surface area (Å²) in [6, 6.07) is 11.5. The number of carbonyl (C=O) groups is 1. The van der Waals surface area contributed by atoms with Gasteiger partial charge in [0.15, 0.2) is 0 Å². The molecule has 106 valence electrons. The fourth-order valence-electron chi connectivity index (χ4n) is 1.91. The zero-order valence-electron chi connectivity index (χ0n) is 11.1. The van der Waals surface area contributed by atoms with Gasteiger partial charge in [0.1, 0.15) is 0 Å². The maximum Gasteiger partial charge on any atom is 0.220 e. The van der Waals surface area contributed by atoms with E-state index in [9.17, 15) is 4.79 Å². The van der Waals surface area contributed by atoms with Crippen molar-refractivity contribution in [3.05, 3.63) is 51.2 Å². The van der Waals surface area contributed by atoms with Crippen LogP contribution in [0.4, 0.5) is 5.69 Å². The van der Waals surface area contributed by atoms with Crippen molar-refractivity contribution in [2.75, 3.05) is 12.3 Å². The Morgan fingerprint density at radius 2 is 2.10 bits per heavy atom. The minimum Gasteiger partial charge on any atom is -0.399 e. The molecule has 20 heavy (non-hydrogen) atoms. The van der Waals surface area contributed by atoms with Gasteiger partial charge in [-0.05, 0) is 42.7 Å². The van der Waals surface area contributed by atoms with E-state index in [0.29, 0.717) is 19.4 Å². The van der Waals surface area contributed by atoms with Crippen LogP contribution in [0.1, 0.15) is 16.9 Å². The van der Waals surface area contributed by atoms with Gasteiger partial charge in [0, 0.05) is 23.5 Å². The van der Waals surface area contributed by atoms with Gasteiger partial charge in [-0.15, -0.1) is 11.3 Å². The summed E-state index contributed by atoms with van der Waals surface area (Å²) in [6.45, 7) is 0.645. The normalized spacial score (nSPS) is 10.4. The lowest BCUT2D eigenvalue weighted by molar-refractivity contribution is -0.121. The minimum atomic E-state index is 0.0649. The molecule has 0 unspecified atom stereocenters. The molecule has 2 aromatic rings. The monoisotopic (exact) mass is 308 g/mol. The van der Waals surface area contributed by atoms with Crippen molar-refractivity contribution in [2.24, 2.45) is 0 Å². The fraction of sp³-hybridized carbons (Fsp3) is 0.267. The van der Waals surface area contributed by atoms with Crippen LogP contribution in [0.5, 0.6) is 0 Å². The van der Waals surface area contributed by atoms with Crippen LogP contribution in [0.15, 0.2) is 36.4 Å². The number of halogens is 1. The number of nitrogens with one attached hydrogen (secondary N) is 1. The fourth-order valence-corrected chi connectivity index (χ4v) is 2.99. The van der Waals surface area contributed by atoms with Crippen molar-refractivity contribution in [3.8, 4) is 0 Å². The van der Waals surface area contributed by atoms with E-state index in [-0.39, 0.29) is 5.91 Å². The first-order valence-electron chi connectivity index (χ1n) is 6.49. The number of benzene rings is 1. The maximum absolute atomic E-state index is 11.7. The summed E-state index contributed by atoms with van der Waals surface area (Å²) in [7, 11) is 0. The number of rotatable bonds is 6. The molecular weight excluding hydrogens is 292 g/mol. The molecular formula is C15H17ClN2OS. The van der Waals surface area contributed by atoms with E-state index >= 15 is 0 Å². The highest BCUT2D eigenvalue weighted by molar-refractivity contribution is 7.16. The van der Waals surface area contributed by atoms with E-state index in [4.69, 9.17) is 17.3 Å². The van der Waals surface area contributed by atoms with Crippen molar-refractivity contribution < 1.29 is 4.79 Å². The van der Waals surface area contributed by atoms with E-state index in [2.05, 4.69) is 5.32 Å². The van der Waals surface area contributed by atoms with Crippen molar-refractivity contribution in [2.45, 2.75) is 19.3 Å². The molecule has 0 saturated carbocycles. The van der Waals surface area contributed by atoms with Gasteiger partial charge in [0.2, 0.25) is 5.91 Å². The molecule has 0 atom stereocenters. The Hall–Kier alpha value is -1.52. The van der Waals surface area contributed by atoms with E-state index in [1.165, 1.54) is 4.88 Å². The molecule has 1 aromatic carbocycles. The Kier molecular flexibility index (Phi) is 5.44. The molecule has 5 heteroatoms. The van der Waals surface area contributed by atoms with Gasteiger partial charge in [0.25, 0.3) is 0 Å². The van der Waals surface area contributed by atoms with Crippen LogP contribution >= 0.6 is 22.9 Å². The number of hydrogen-bond acceptors (Lipinski definition) is 3. The summed E-state index contributed by atoms with van der Waals surface area (Å²) in [5.41, 5.74) is 7.52.